The lowest BCUT2D eigenvalue weighted by Crippen LogP contribution is -2.23. The smallest absolute Gasteiger partial charge is 0.0118 e. The van der Waals surface area contributed by atoms with Gasteiger partial charge in [-0.1, -0.05) is 68.6 Å². The second-order valence-corrected chi connectivity index (χ2v) is 8.39. The molecule has 0 heterocycles. The van der Waals surface area contributed by atoms with Crippen LogP contribution in [0.25, 0.3) is 0 Å². The maximum absolute atomic E-state index is 2.55. The van der Waals surface area contributed by atoms with E-state index in [9.17, 15) is 0 Å². The largest absolute Gasteiger partial charge is 0.269 e. The Morgan fingerprint density at radius 3 is 1.96 bits per heavy atom. The summed E-state index contributed by atoms with van der Waals surface area (Å²) in [7, 11) is 0. The Bertz CT molecular complexity index is 487. The average Bonchev–Trinajstić information content (AvgIpc) is 2.58. The van der Waals surface area contributed by atoms with Crippen LogP contribution >= 0.6 is 11.8 Å². The summed E-state index contributed by atoms with van der Waals surface area (Å²) in [5.41, 5.74) is 0. The van der Waals surface area contributed by atoms with Crippen molar-refractivity contribution in [2.24, 2.45) is 17.8 Å². The molecule has 0 saturated heterocycles. The molecule has 0 radical (unpaired) electrons. The Balaban J connectivity index is -0.00000115. The first-order chi connectivity index (χ1) is 10.8. The fraction of sp³-hybridized carbons (Fsp3) is 0.619. The number of hydrogen-bond donors (Lipinski definition) is 0. The van der Waals surface area contributed by atoms with Crippen LogP contribution in [-0.2, 0) is 0 Å². The van der Waals surface area contributed by atoms with E-state index in [-0.39, 0.29) is 23.5 Å². The Morgan fingerprint density at radius 1 is 0.815 bits per heavy atom. The lowest BCUT2D eigenvalue weighted by Gasteiger charge is -2.35. The van der Waals surface area contributed by atoms with Crippen molar-refractivity contribution in [1.82, 2.24) is 0 Å². The Labute approximate surface area is 164 Å². The summed E-state index contributed by atoms with van der Waals surface area (Å²) < 4.78 is 0. The zero-order valence-electron chi connectivity index (χ0n) is 16.0. The minimum Gasteiger partial charge on any atom is -0.269 e. The van der Waals surface area contributed by atoms with E-state index in [1.807, 2.05) is 11.8 Å². The van der Waals surface area contributed by atoms with Gasteiger partial charge in [-0.3, -0.25) is 23.5 Å². The summed E-state index contributed by atoms with van der Waals surface area (Å²) >= 11 is 1.98. The Hall–Kier alpha value is -1.04. The number of allylic oxidation sites excluding steroid dienone is 2. The van der Waals surface area contributed by atoms with Crippen molar-refractivity contribution < 1.29 is 23.5 Å². The highest BCUT2D eigenvalue weighted by molar-refractivity contribution is 8.03. The third-order valence-corrected chi connectivity index (χ3v) is 6.80. The van der Waals surface area contributed by atoms with Crippen molar-refractivity contribution in [3.63, 3.8) is 0 Å². The third-order valence-electron chi connectivity index (χ3n) is 5.66. The molecular formula is C21H35F5S. The molecule has 3 rings (SSSR count). The van der Waals surface area contributed by atoms with E-state index < -0.39 is 0 Å². The second kappa shape index (κ2) is 16.0. The monoisotopic (exact) mass is 414 g/mol. The van der Waals surface area contributed by atoms with Gasteiger partial charge in [-0.05, 0) is 66.9 Å². The first-order valence-corrected chi connectivity index (χ1v) is 10.1. The molecule has 0 N–H and O–H groups in total. The molecule has 0 nitrogen and oxygen atoms in total. The van der Waals surface area contributed by atoms with Crippen molar-refractivity contribution in [3.8, 4) is 0 Å². The molecule has 27 heavy (non-hydrogen) atoms. The molecule has 2 aliphatic carbocycles. The number of benzene rings is 1. The highest BCUT2D eigenvalue weighted by Gasteiger charge is 2.28. The summed E-state index contributed by atoms with van der Waals surface area (Å²) in [6.07, 6.45) is 15.5. The summed E-state index contributed by atoms with van der Waals surface area (Å²) in [5.74, 6) is 3.04. The standard InChI is InChI=1S/C21H30S.5FH/c1-2-6-17-9-11-18(12-10-17)19-13-15-21(16-14-19)22-20-7-4-3-5-8-20;;;;;/h3-5,7-8,15,17-19H,2,6,9-14,16H2,1H3;5*1H. The van der Waals surface area contributed by atoms with E-state index in [0.717, 1.165) is 17.8 Å². The molecule has 6 heteroatoms. The fourth-order valence-corrected chi connectivity index (χ4v) is 5.34. The topological polar surface area (TPSA) is 0 Å². The minimum absolute atomic E-state index is 0. The molecule has 0 amide bonds. The summed E-state index contributed by atoms with van der Waals surface area (Å²) in [5, 5.41) is 0. The normalized spacial score (nSPS) is 23.7. The quantitative estimate of drug-likeness (QED) is 0.442. The molecule has 1 fully saturated rings. The highest BCUT2D eigenvalue weighted by atomic mass is 32.2. The first-order valence-electron chi connectivity index (χ1n) is 9.27. The molecule has 2 aliphatic rings. The van der Waals surface area contributed by atoms with Crippen LogP contribution in [0.4, 0.5) is 23.5 Å². The van der Waals surface area contributed by atoms with Gasteiger partial charge in [0.25, 0.3) is 0 Å². The molecule has 0 aliphatic heterocycles. The van der Waals surface area contributed by atoms with E-state index in [4.69, 9.17) is 0 Å². The van der Waals surface area contributed by atoms with E-state index in [0.29, 0.717) is 0 Å². The maximum atomic E-state index is 2.55. The zero-order valence-corrected chi connectivity index (χ0v) is 16.8. The molecule has 1 saturated carbocycles. The van der Waals surface area contributed by atoms with Gasteiger partial charge in [0.2, 0.25) is 0 Å². The van der Waals surface area contributed by atoms with Gasteiger partial charge in [0.1, 0.15) is 0 Å². The predicted octanol–water partition coefficient (Wildman–Crippen LogP) is 7.83. The van der Waals surface area contributed by atoms with Crippen molar-refractivity contribution in [1.29, 1.82) is 0 Å². The second-order valence-electron chi connectivity index (χ2n) is 7.19. The number of thioether (sulfide) groups is 1. The van der Waals surface area contributed by atoms with Gasteiger partial charge in [0.05, 0.1) is 0 Å². The van der Waals surface area contributed by atoms with Crippen LogP contribution in [0.2, 0.25) is 0 Å². The number of rotatable bonds is 5. The SMILES string of the molecule is CCCC1CCC(C2CC=C(Sc3ccccc3)CC2)CC1.F.F.F.F.F. The lowest BCUT2D eigenvalue weighted by molar-refractivity contribution is 0.188. The van der Waals surface area contributed by atoms with E-state index in [2.05, 4.69) is 43.3 Å². The van der Waals surface area contributed by atoms with Gasteiger partial charge in [-0.25, -0.2) is 0 Å². The van der Waals surface area contributed by atoms with Crippen molar-refractivity contribution >= 4 is 11.8 Å². The Kier molecular flexibility index (Phi) is 18.1. The van der Waals surface area contributed by atoms with Gasteiger partial charge in [0.15, 0.2) is 0 Å². The molecule has 0 aromatic heterocycles. The van der Waals surface area contributed by atoms with Gasteiger partial charge in [0, 0.05) is 4.90 Å². The first kappa shape index (κ1) is 30.7. The average molecular weight is 415 g/mol. The van der Waals surface area contributed by atoms with E-state index >= 15 is 0 Å². The van der Waals surface area contributed by atoms with Crippen LogP contribution in [0, 0.1) is 17.8 Å². The predicted molar refractivity (Wildman–Crippen MR) is 111 cm³/mol. The summed E-state index contributed by atoms with van der Waals surface area (Å²) in [6, 6.07) is 10.8. The molecule has 0 spiro atoms. The number of hydrogen-bond acceptors (Lipinski definition) is 1. The van der Waals surface area contributed by atoms with Crippen LogP contribution in [0.5, 0.6) is 0 Å². The molecule has 1 aromatic carbocycles. The molecular weight excluding hydrogens is 379 g/mol. The van der Waals surface area contributed by atoms with Crippen molar-refractivity contribution in [3.05, 3.63) is 41.3 Å². The van der Waals surface area contributed by atoms with Gasteiger partial charge in [-0.15, -0.1) is 0 Å². The maximum Gasteiger partial charge on any atom is 0.0118 e. The van der Waals surface area contributed by atoms with Crippen molar-refractivity contribution in [2.75, 3.05) is 0 Å². The fourth-order valence-electron chi connectivity index (χ4n) is 4.35. The van der Waals surface area contributed by atoms with Crippen LogP contribution in [-0.4, -0.2) is 0 Å². The van der Waals surface area contributed by atoms with Crippen LogP contribution < -0.4 is 0 Å². The molecule has 160 valence electrons. The van der Waals surface area contributed by atoms with Gasteiger partial charge < -0.3 is 0 Å². The lowest BCUT2D eigenvalue weighted by atomic mass is 9.71. The molecule has 1 unspecified atom stereocenters. The Morgan fingerprint density at radius 2 is 1.44 bits per heavy atom. The summed E-state index contributed by atoms with van der Waals surface area (Å²) in [6.45, 7) is 2.34. The molecule has 1 aromatic rings. The summed E-state index contributed by atoms with van der Waals surface area (Å²) in [4.78, 5) is 2.99. The van der Waals surface area contributed by atoms with E-state index in [1.54, 1.807) is 4.91 Å². The van der Waals surface area contributed by atoms with Crippen LogP contribution in [0.15, 0.2) is 46.2 Å². The van der Waals surface area contributed by atoms with Gasteiger partial charge in [-0.2, -0.15) is 0 Å². The third kappa shape index (κ3) is 9.13. The number of halogens is 5. The van der Waals surface area contributed by atoms with Crippen LogP contribution in [0.3, 0.4) is 0 Å². The van der Waals surface area contributed by atoms with Crippen molar-refractivity contribution in [2.45, 2.75) is 69.6 Å². The van der Waals surface area contributed by atoms with E-state index in [1.165, 1.54) is 62.7 Å². The molecule has 1 atom stereocenters. The van der Waals surface area contributed by atoms with Gasteiger partial charge >= 0.3 is 0 Å². The highest BCUT2D eigenvalue weighted by Crippen LogP contribution is 2.43. The zero-order chi connectivity index (χ0) is 15.2. The minimum atomic E-state index is 0. The van der Waals surface area contributed by atoms with Crippen LogP contribution in [0.1, 0.15) is 64.7 Å². The molecule has 0 bridgehead atoms.